The lowest BCUT2D eigenvalue weighted by Crippen LogP contribution is -2.52. The second-order valence-electron chi connectivity index (χ2n) is 8.91. The summed E-state index contributed by atoms with van der Waals surface area (Å²) in [7, 11) is 4.30. The van der Waals surface area contributed by atoms with Crippen molar-refractivity contribution in [1.29, 1.82) is 0 Å². The molecule has 1 amide bonds. The molecule has 2 aliphatic rings. The van der Waals surface area contributed by atoms with Gasteiger partial charge in [-0.1, -0.05) is 25.1 Å². The van der Waals surface area contributed by atoms with Crippen LogP contribution < -0.4 is 4.74 Å². The van der Waals surface area contributed by atoms with Crippen molar-refractivity contribution in [3.63, 3.8) is 0 Å². The fraction of sp³-hybridized carbons (Fsp3) is 0.565. The van der Waals surface area contributed by atoms with Crippen LogP contribution in [0.1, 0.15) is 38.2 Å². The Hall–Kier alpha value is -2.34. The summed E-state index contributed by atoms with van der Waals surface area (Å²) in [5, 5.41) is 4.26. The Morgan fingerprint density at radius 1 is 1.28 bits per heavy atom. The van der Waals surface area contributed by atoms with Gasteiger partial charge in [0.05, 0.1) is 19.0 Å². The van der Waals surface area contributed by atoms with Crippen molar-refractivity contribution in [2.24, 2.45) is 5.92 Å². The van der Waals surface area contributed by atoms with E-state index in [-0.39, 0.29) is 17.4 Å². The fourth-order valence-electron chi connectivity index (χ4n) is 4.75. The lowest BCUT2D eigenvalue weighted by atomic mass is 9.81. The third kappa shape index (κ3) is 4.32. The van der Waals surface area contributed by atoms with Gasteiger partial charge in [0.25, 0.3) is 0 Å². The van der Waals surface area contributed by atoms with Gasteiger partial charge in [-0.3, -0.25) is 9.48 Å². The summed E-state index contributed by atoms with van der Waals surface area (Å²) >= 11 is 0. The molecule has 1 aromatic carbocycles. The molecular weight excluding hydrogens is 364 g/mol. The van der Waals surface area contributed by atoms with E-state index < -0.39 is 0 Å². The van der Waals surface area contributed by atoms with E-state index in [1.165, 1.54) is 0 Å². The normalized spacial score (nSPS) is 25.4. The van der Waals surface area contributed by atoms with E-state index in [9.17, 15) is 4.79 Å². The highest BCUT2D eigenvalue weighted by Gasteiger charge is 2.43. The van der Waals surface area contributed by atoms with Crippen molar-refractivity contribution in [3.8, 4) is 5.75 Å². The lowest BCUT2D eigenvalue weighted by Gasteiger charge is -2.43. The quantitative estimate of drug-likeness (QED) is 0.797. The number of hydrogen-bond donors (Lipinski definition) is 0. The molecule has 1 spiro atoms. The molecule has 1 aliphatic heterocycles. The van der Waals surface area contributed by atoms with E-state index in [2.05, 4.69) is 36.2 Å². The molecule has 156 valence electrons. The largest absolute Gasteiger partial charge is 0.485 e. The number of fused-ring (bicyclic) bond motifs is 1. The summed E-state index contributed by atoms with van der Waals surface area (Å²) in [4.78, 5) is 17.7. The average Bonchev–Trinajstić information content (AvgIpc) is 3.16. The molecule has 6 nitrogen and oxygen atoms in total. The molecule has 0 radical (unpaired) electrons. The molecule has 4 rings (SSSR count). The van der Waals surface area contributed by atoms with Crippen LogP contribution in [-0.2, 0) is 17.9 Å². The third-order valence-electron chi connectivity index (χ3n) is 6.49. The molecule has 2 aromatic rings. The first-order chi connectivity index (χ1) is 14.0. The topological polar surface area (TPSA) is 50.6 Å². The van der Waals surface area contributed by atoms with Gasteiger partial charge < -0.3 is 14.5 Å². The van der Waals surface area contributed by atoms with E-state index in [4.69, 9.17) is 4.74 Å². The van der Waals surface area contributed by atoms with E-state index >= 15 is 0 Å². The second-order valence-corrected chi connectivity index (χ2v) is 8.91. The van der Waals surface area contributed by atoms with Crippen LogP contribution in [0.15, 0.2) is 42.7 Å². The minimum Gasteiger partial charge on any atom is -0.485 e. The molecule has 0 bridgehead atoms. The molecule has 1 aliphatic carbocycles. The van der Waals surface area contributed by atoms with Gasteiger partial charge in [0.15, 0.2) is 0 Å². The Balaban J connectivity index is 1.56. The first-order valence-corrected chi connectivity index (χ1v) is 10.7. The van der Waals surface area contributed by atoms with Crippen molar-refractivity contribution in [1.82, 2.24) is 19.6 Å². The molecular formula is C23H32N4O2. The molecule has 1 saturated carbocycles. The number of rotatable bonds is 4. The maximum atomic E-state index is 13.4. The average molecular weight is 397 g/mol. The smallest absolute Gasteiger partial charge is 0.227 e. The molecule has 1 unspecified atom stereocenters. The lowest BCUT2D eigenvalue weighted by molar-refractivity contribution is -0.139. The summed E-state index contributed by atoms with van der Waals surface area (Å²) in [6.07, 6.45) is 7.81. The van der Waals surface area contributed by atoms with Crippen LogP contribution in [0.2, 0.25) is 0 Å². The van der Waals surface area contributed by atoms with Gasteiger partial charge >= 0.3 is 0 Å². The predicted octanol–water partition coefficient (Wildman–Crippen LogP) is 3.18. The third-order valence-corrected chi connectivity index (χ3v) is 6.49. The SMILES string of the molecule is CC(Cn1cccn1)C(=O)N1Cc2ccccc2OC2(CCC(N(C)C)CC2)C1. The molecule has 2 heterocycles. The summed E-state index contributed by atoms with van der Waals surface area (Å²) in [6, 6.07) is 10.7. The molecule has 1 atom stereocenters. The predicted molar refractivity (Wildman–Crippen MR) is 113 cm³/mol. The molecule has 1 aromatic heterocycles. The van der Waals surface area contributed by atoms with Crippen LogP contribution in [0.3, 0.4) is 0 Å². The summed E-state index contributed by atoms with van der Waals surface area (Å²) in [5.41, 5.74) is 0.805. The minimum atomic E-state index is -0.291. The Kier molecular flexibility index (Phi) is 5.63. The van der Waals surface area contributed by atoms with Gasteiger partial charge in [0.1, 0.15) is 11.4 Å². The van der Waals surface area contributed by atoms with Gasteiger partial charge in [-0.25, -0.2) is 0 Å². The van der Waals surface area contributed by atoms with E-state index in [0.717, 1.165) is 37.0 Å². The minimum absolute atomic E-state index is 0.129. The number of carbonyl (C=O) groups excluding carboxylic acids is 1. The Labute approximate surface area is 173 Å². The summed E-state index contributed by atoms with van der Waals surface area (Å²) < 4.78 is 8.49. The molecule has 0 saturated heterocycles. The summed E-state index contributed by atoms with van der Waals surface area (Å²) in [6.45, 7) is 3.86. The number of carbonyl (C=O) groups is 1. The van der Waals surface area contributed by atoms with Crippen molar-refractivity contribution < 1.29 is 9.53 Å². The van der Waals surface area contributed by atoms with Gasteiger partial charge in [-0.2, -0.15) is 5.10 Å². The Bertz CT molecular complexity index is 825. The van der Waals surface area contributed by atoms with Crippen molar-refractivity contribution in [2.45, 2.75) is 57.3 Å². The first-order valence-electron chi connectivity index (χ1n) is 10.7. The van der Waals surface area contributed by atoms with Crippen LogP contribution in [-0.4, -0.2) is 57.8 Å². The highest BCUT2D eigenvalue weighted by Crippen LogP contribution is 2.39. The van der Waals surface area contributed by atoms with E-state index in [1.54, 1.807) is 6.20 Å². The zero-order chi connectivity index (χ0) is 20.4. The number of ether oxygens (including phenoxy) is 1. The van der Waals surface area contributed by atoms with Gasteiger partial charge in [0, 0.05) is 30.5 Å². The number of amides is 1. The zero-order valence-electron chi connectivity index (χ0n) is 17.8. The standard InChI is InChI=1S/C23H32N4O2/c1-18(15-27-14-6-13-24-27)22(28)26-16-19-7-4-5-8-21(19)29-23(17-26)11-9-20(10-12-23)25(2)3/h4-8,13-14,18,20H,9-12,15-17H2,1-3H3. The monoisotopic (exact) mass is 396 g/mol. The number of aromatic nitrogens is 2. The van der Waals surface area contributed by atoms with Crippen LogP contribution in [0.5, 0.6) is 5.75 Å². The molecule has 6 heteroatoms. The van der Waals surface area contributed by atoms with Crippen molar-refractivity contribution in [2.75, 3.05) is 20.6 Å². The highest BCUT2D eigenvalue weighted by molar-refractivity contribution is 5.78. The van der Waals surface area contributed by atoms with E-state index in [0.29, 0.717) is 25.7 Å². The van der Waals surface area contributed by atoms with E-state index in [1.807, 2.05) is 40.9 Å². The second kappa shape index (κ2) is 8.19. The molecule has 29 heavy (non-hydrogen) atoms. The fourth-order valence-corrected chi connectivity index (χ4v) is 4.75. The number of hydrogen-bond acceptors (Lipinski definition) is 4. The van der Waals surface area contributed by atoms with Crippen LogP contribution in [0, 0.1) is 5.92 Å². The number of nitrogens with zero attached hydrogens (tertiary/aromatic N) is 4. The Morgan fingerprint density at radius 2 is 2.03 bits per heavy atom. The number of benzene rings is 1. The van der Waals surface area contributed by atoms with Gasteiger partial charge in [0.2, 0.25) is 5.91 Å². The maximum absolute atomic E-state index is 13.4. The maximum Gasteiger partial charge on any atom is 0.227 e. The first kappa shape index (κ1) is 20.0. The van der Waals surface area contributed by atoms with Crippen LogP contribution in [0.4, 0.5) is 0 Å². The van der Waals surface area contributed by atoms with Crippen molar-refractivity contribution in [3.05, 3.63) is 48.3 Å². The van der Waals surface area contributed by atoms with Crippen molar-refractivity contribution >= 4 is 5.91 Å². The molecule has 1 fully saturated rings. The summed E-state index contributed by atoms with van der Waals surface area (Å²) in [5.74, 6) is 0.982. The van der Waals surface area contributed by atoms with Crippen LogP contribution in [0.25, 0.3) is 0 Å². The van der Waals surface area contributed by atoms with Gasteiger partial charge in [-0.15, -0.1) is 0 Å². The van der Waals surface area contributed by atoms with Crippen LogP contribution >= 0.6 is 0 Å². The van der Waals surface area contributed by atoms with Gasteiger partial charge in [-0.05, 0) is 51.9 Å². The molecule has 0 N–H and O–H groups in total. The Morgan fingerprint density at radius 3 is 2.72 bits per heavy atom. The highest BCUT2D eigenvalue weighted by atomic mass is 16.5. The zero-order valence-corrected chi connectivity index (χ0v) is 17.8. The number of para-hydroxylation sites is 1.